The van der Waals surface area contributed by atoms with Crippen LogP contribution in [-0.4, -0.2) is 54.3 Å². The number of benzene rings is 1. The molecule has 0 radical (unpaired) electrons. The van der Waals surface area contributed by atoms with Gasteiger partial charge in [0, 0.05) is 43.9 Å². The zero-order valence-corrected chi connectivity index (χ0v) is 16.7. The maximum Gasteiger partial charge on any atom is 0.272 e. The standard InChI is InChI=1S/C22H28N4O2/c1-3-25-11-13-26(14-12-25)18-9-5-4-7-16(18)24-22(28)21-15(2)20-17(23-21)8-6-10-19(20)27/h4-5,7,9,23H,3,6,8,10-14H2,1-2H3,(H,24,28). The van der Waals surface area contributed by atoms with E-state index in [9.17, 15) is 9.59 Å². The highest BCUT2D eigenvalue weighted by Crippen LogP contribution is 2.30. The van der Waals surface area contributed by atoms with Crippen molar-refractivity contribution >= 4 is 23.1 Å². The quantitative estimate of drug-likeness (QED) is 0.854. The molecule has 1 aromatic heterocycles. The molecule has 28 heavy (non-hydrogen) atoms. The Balaban J connectivity index is 1.56. The summed E-state index contributed by atoms with van der Waals surface area (Å²) in [6, 6.07) is 7.96. The second-order valence-electron chi connectivity index (χ2n) is 7.65. The number of amides is 1. The molecule has 1 saturated heterocycles. The van der Waals surface area contributed by atoms with Gasteiger partial charge in [0.1, 0.15) is 5.69 Å². The van der Waals surface area contributed by atoms with E-state index in [2.05, 4.69) is 33.1 Å². The minimum Gasteiger partial charge on any atom is -0.367 e. The fraction of sp³-hybridized carbons (Fsp3) is 0.455. The monoisotopic (exact) mass is 380 g/mol. The summed E-state index contributed by atoms with van der Waals surface area (Å²) in [6.45, 7) is 9.08. The molecule has 1 fully saturated rings. The average molecular weight is 380 g/mol. The van der Waals surface area contributed by atoms with Crippen LogP contribution in [0.2, 0.25) is 0 Å². The number of ketones is 1. The Morgan fingerprint density at radius 1 is 1.14 bits per heavy atom. The first kappa shape index (κ1) is 18.7. The summed E-state index contributed by atoms with van der Waals surface area (Å²) in [6.07, 6.45) is 2.24. The van der Waals surface area contributed by atoms with Gasteiger partial charge in [0.25, 0.3) is 5.91 Å². The van der Waals surface area contributed by atoms with E-state index < -0.39 is 0 Å². The predicted octanol–water partition coefficient (Wildman–Crippen LogP) is 3.24. The van der Waals surface area contributed by atoms with Crippen LogP contribution in [0.4, 0.5) is 11.4 Å². The summed E-state index contributed by atoms with van der Waals surface area (Å²) in [4.78, 5) is 33.2. The maximum absolute atomic E-state index is 13.0. The highest BCUT2D eigenvalue weighted by atomic mass is 16.2. The fourth-order valence-corrected chi connectivity index (χ4v) is 4.35. The molecule has 4 rings (SSSR count). The van der Waals surface area contributed by atoms with Gasteiger partial charge in [0.15, 0.2) is 5.78 Å². The van der Waals surface area contributed by atoms with Gasteiger partial charge in [-0.2, -0.15) is 0 Å². The van der Waals surface area contributed by atoms with Crippen molar-refractivity contribution in [1.82, 2.24) is 9.88 Å². The summed E-state index contributed by atoms with van der Waals surface area (Å²) in [7, 11) is 0. The molecular formula is C22H28N4O2. The minimum absolute atomic E-state index is 0.142. The van der Waals surface area contributed by atoms with Gasteiger partial charge in [-0.3, -0.25) is 9.59 Å². The molecule has 1 aliphatic heterocycles. The molecule has 1 amide bonds. The first-order chi connectivity index (χ1) is 13.6. The van der Waals surface area contributed by atoms with Crippen molar-refractivity contribution in [3.63, 3.8) is 0 Å². The lowest BCUT2D eigenvalue weighted by atomic mass is 9.94. The van der Waals surface area contributed by atoms with Gasteiger partial charge in [0.05, 0.1) is 11.4 Å². The number of aryl methyl sites for hydroxylation is 1. The molecule has 1 aromatic carbocycles. The van der Waals surface area contributed by atoms with Gasteiger partial charge in [-0.25, -0.2) is 0 Å². The van der Waals surface area contributed by atoms with Crippen LogP contribution in [-0.2, 0) is 6.42 Å². The molecule has 2 aliphatic rings. The first-order valence-corrected chi connectivity index (χ1v) is 10.2. The molecule has 0 unspecified atom stereocenters. The number of hydrogen-bond donors (Lipinski definition) is 2. The number of H-pyrrole nitrogens is 1. The number of carbonyl (C=O) groups is 2. The summed E-state index contributed by atoms with van der Waals surface area (Å²) in [5.41, 5.74) is 4.77. The van der Waals surface area contributed by atoms with Crippen LogP contribution >= 0.6 is 0 Å². The normalized spacial score (nSPS) is 17.5. The van der Waals surface area contributed by atoms with Crippen LogP contribution in [0.3, 0.4) is 0 Å². The van der Waals surface area contributed by atoms with Gasteiger partial charge >= 0.3 is 0 Å². The summed E-state index contributed by atoms with van der Waals surface area (Å²) >= 11 is 0. The van der Waals surface area contributed by atoms with E-state index in [4.69, 9.17) is 0 Å². The highest BCUT2D eigenvalue weighted by molar-refractivity contribution is 6.09. The van der Waals surface area contributed by atoms with Crippen molar-refractivity contribution in [3.8, 4) is 0 Å². The highest BCUT2D eigenvalue weighted by Gasteiger charge is 2.27. The van der Waals surface area contributed by atoms with Crippen molar-refractivity contribution in [2.45, 2.75) is 33.1 Å². The number of fused-ring (bicyclic) bond motifs is 1. The number of hydrogen-bond acceptors (Lipinski definition) is 4. The van der Waals surface area contributed by atoms with Gasteiger partial charge in [-0.15, -0.1) is 0 Å². The van der Waals surface area contributed by atoms with Crippen LogP contribution in [0.25, 0.3) is 0 Å². The Kier molecular flexibility index (Phi) is 5.22. The van der Waals surface area contributed by atoms with Crippen molar-refractivity contribution in [2.24, 2.45) is 0 Å². The average Bonchev–Trinajstić information content (AvgIpc) is 3.06. The lowest BCUT2D eigenvalue weighted by molar-refractivity contribution is 0.0971. The van der Waals surface area contributed by atoms with Gasteiger partial charge in [-0.05, 0) is 44.0 Å². The van der Waals surface area contributed by atoms with E-state index in [0.29, 0.717) is 12.1 Å². The lowest BCUT2D eigenvalue weighted by Crippen LogP contribution is -2.46. The minimum atomic E-state index is -0.181. The number of nitrogens with zero attached hydrogens (tertiary/aromatic N) is 2. The van der Waals surface area contributed by atoms with Crippen LogP contribution < -0.4 is 10.2 Å². The second kappa shape index (κ2) is 7.80. The molecular weight excluding hydrogens is 352 g/mol. The Morgan fingerprint density at radius 3 is 2.61 bits per heavy atom. The van der Waals surface area contributed by atoms with Gasteiger partial charge in [0.2, 0.25) is 0 Å². The SMILES string of the molecule is CCN1CCN(c2ccccc2NC(=O)c2[nH]c3c(c2C)C(=O)CCC3)CC1. The van der Waals surface area contributed by atoms with E-state index in [-0.39, 0.29) is 11.7 Å². The van der Waals surface area contributed by atoms with Crippen LogP contribution in [0.15, 0.2) is 24.3 Å². The van der Waals surface area contributed by atoms with Gasteiger partial charge in [-0.1, -0.05) is 19.1 Å². The molecule has 0 bridgehead atoms. The van der Waals surface area contributed by atoms with E-state index in [1.807, 2.05) is 25.1 Å². The lowest BCUT2D eigenvalue weighted by Gasteiger charge is -2.36. The fourth-order valence-electron chi connectivity index (χ4n) is 4.35. The summed E-state index contributed by atoms with van der Waals surface area (Å²) in [5, 5.41) is 3.08. The summed E-state index contributed by atoms with van der Waals surface area (Å²) < 4.78 is 0. The second-order valence-corrected chi connectivity index (χ2v) is 7.65. The number of likely N-dealkylation sites (N-methyl/N-ethyl adjacent to an activating group) is 1. The molecule has 2 N–H and O–H groups in total. The van der Waals surface area contributed by atoms with Crippen molar-refractivity contribution in [2.75, 3.05) is 42.9 Å². The van der Waals surface area contributed by atoms with Crippen LogP contribution in [0.5, 0.6) is 0 Å². The molecule has 2 aromatic rings. The Hall–Kier alpha value is -2.60. The summed E-state index contributed by atoms with van der Waals surface area (Å²) in [5.74, 6) is -0.0393. The number of carbonyl (C=O) groups excluding carboxylic acids is 2. The largest absolute Gasteiger partial charge is 0.367 e. The number of aromatic nitrogens is 1. The molecule has 2 heterocycles. The number of rotatable bonds is 4. The zero-order valence-electron chi connectivity index (χ0n) is 16.7. The third kappa shape index (κ3) is 3.44. The molecule has 148 valence electrons. The number of para-hydroxylation sites is 2. The molecule has 1 aliphatic carbocycles. The van der Waals surface area contributed by atoms with Crippen molar-refractivity contribution in [3.05, 3.63) is 46.8 Å². The van der Waals surface area contributed by atoms with E-state index >= 15 is 0 Å². The topological polar surface area (TPSA) is 68.4 Å². The van der Waals surface area contributed by atoms with Gasteiger partial charge < -0.3 is 20.1 Å². The van der Waals surface area contributed by atoms with Crippen molar-refractivity contribution < 1.29 is 9.59 Å². The van der Waals surface area contributed by atoms with Crippen molar-refractivity contribution in [1.29, 1.82) is 0 Å². The molecule has 6 heteroatoms. The van der Waals surface area contributed by atoms with E-state index in [1.165, 1.54) is 0 Å². The van der Waals surface area contributed by atoms with E-state index in [0.717, 1.165) is 73.8 Å². The zero-order chi connectivity index (χ0) is 19.7. The molecule has 0 saturated carbocycles. The van der Waals surface area contributed by atoms with Crippen LogP contribution in [0, 0.1) is 6.92 Å². The number of anilines is 2. The number of piperazine rings is 1. The Morgan fingerprint density at radius 2 is 1.89 bits per heavy atom. The molecule has 6 nitrogen and oxygen atoms in total. The van der Waals surface area contributed by atoms with E-state index in [1.54, 1.807) is 0 Å². The predicted molar refractivity (Wildman–Crippen MR) is 112 cm³/mol. The third-order valence-corrected chi connectivity index (χ3v) is 5.98. The number of aromatic amines is 1. The first-order valence-electron chi connectivity index (χ1n) is 10.2. The Bertz CT molecular complexity index is 894. The van der Waals surface area contributed by atoms with Crippen LogP contribution in [0.1, 0.15) is 51.9 Å². The molecule has 0 spiro atoms. The number of nitrogens with one attached hydrogen (secondary N) is 2. The smallest absolute Gasteiger partial charge is 0.272 e. The third-order valence-electron chi connectivity index (χ3n) is 5.98. The molecule has 0 atom stereocenters. The maximum atomic E-state index is 13.0. The number of Topliss-reactive ketones (excluding diaryl/α,β-unsaturated/α-hetero) is 1. The Labute approximate surface area is 165 Å².